The predicted octanol–water partition coefficient (Wildman–Crippen LogP) is 5.58. The molecule has 0 radical (unpaired) electrons. The number of carbonyl (C=O) groups is 2. The molecular formula is C24H24ClF2N3O3. The molecule has 3 aromatic rings. The van der Waals surface area contributed by atoms with Crippen molar-refractivity contribution in [3.8, 4) is 0 Å². The monoisotopic (exact) mass is 475 g/mol. The first-order valence-electron chi connectivity index (χ1n) is 10.5. The molecule has 1 heterocycles. The van der Waals surface area contributed by atoms with E-state index >= 15 is 0 Å². The van der Waals surface area contributed by atoms with Gasteiger partial charge < -0.3 is 9.64 Å². The second-order valence-electron chi connectivity index (χ2n) is 7.74. The Balaban J connectivity index is 1.50. The molecule has 0 bridgehead atoms. The van der Waals surface area contributed by atoms with Gasteiger partial charge in [0.05, 0.1) is 6.54 Å². The van der Waals surface area contributed by atoms with Crippen molar-refractivity contribution in [3.63, 3.8) is 0 Å². The average molecular weight is 476 g/mol. The first-order chi connectivity index (χ1) is 15.7. The van der Waals surface area contributed by atoms with E-state index in [1.807, 2.05) is 13.8 Å². The van der Waals surface area contributed by atoms with E-state index in [4.69, 9.17) is 16.3 Å². The normalized spacial score (nSPS) is 11.0. The third kappa shape index (κ3) is 6.86. The molecule has 0 atom stereocenters. The van der Waals surface area contributed by atoms with Crippen LogP contribution in [0.5, 0.6) is 0 Å². The van der Waals surface area contributed by atoms with Crippen LogP contribution in [0.3, 0.4) is 0 Å². The van der Waals surface area contributed by atoms with E-state index in [2.05, 4.69) is 10.3 Å². The SMILES string of the molecule is CC(C)N(CCOC(=O)Nc1cc2cc(F)ccc2cn1)C(=O)CCc1ccc(F)cc1Cl. The summed E-state index contributed by atoms with van der Waals surface area (Å²) in [5, 5.41) is 4.12. The van der Waals surface area contributed by atoms with Crippen LogP contribution in [-0.4, -0.2) is 41.1 Å². The van der Waals surface area contributed by atoms with Gasteiger partial charge in [0.15, 0.2) is 0 Å². The summed E-state index contributed by atoms with van der Waals surface area (Å²) in [4.78, 5) is 30.5. The number of pyridine rings is 1. The number of hydrogen-bond acceptors (Lipinski definition) is 4. The maximum Gasteiger partial charge on any atom is 0.412 e. The van der Waals surface area contributed by atoms with Crippen LogP contribution in [0, 0.1) is 11.6 Å². The molecule has 9 heteroatoms. The zero-order valence-electron chi connectivity index (χ0n) is 18.3. The van der Waals surface area contributed by atoms with Crippen molar-refractivity contribution >= 4 is 40.2 Å². The third-order valence-electron chi connectivity index (χ3n) is 5.05. The number of halogens is 3. The van der Waals surface area contributed by atoms with Crippen molar-refractivity contribution in [3.05, 3.63) is 70.9 Å². The third-order valence-corrected chi connectivity index (χ3v) is 5.40. The molecule has 174 valence electrons. The Kier molecular flexibility index (Phi) is 8.16. The van der Waals surface area contributed by atoms with Crippen LogP contribution in [0.4, 0.5) is 19.4 Å². The van der Waals surface area contributed by atoms with Crippen molar-refractivity contribution < 1.29 is 23.1 Å². The average Bonchev–Trinajstić information content (AvgIpc) is 2.75. The van der Waals surface area contributed by atoms with Gasteiger partial charge in [-0.3, -0.25) is 10.1 Å². The van der Waals surface area contributed by atoms with E-state index in [1.54, 1.807) is 23.1 Å². The minimum Gasteiger partial charge on any atom is -0.447 e. The van der Waals surface area contributed by atoms with E-state index in [-0.39, 0.29) is 48.2 Å². The molecule has 0 spiro atoms. The smallest absolute Gasteiger partial charge is 0.412 e. The van der Waals surface area contributed by atoms with Crippen LogP contribution in [0.2, 0.25) is 5.02 Å². The van der Waals surface area contributed by atoms with Gasteiger partial charge in [-0.05, 0) is 67.6 Å². The van der Waals surface area contributed by atoms with E-state index in [0.29, 0.717) is 17.4 Å². The summed E-state index contributed by atoms with van der Waals surface area (Å²) in [6, 6.07) is 9.80. The molecule has 2 aromatic carbocycles. The molecule has 0 aliphatic carbocycles. The number of anilines is 1. The maximum absolute atomic E-state index is 13.4. The van der Waals surface area contributed by atoms with Gasteiger partial charge in [-0.2, -0.15) is 0 Å². The van der Waals surface area contributed by atoms with Crippen LogP contribution in [-0.2, 0) is 16.0 Å². The van der Waals surface area contributed by atoms with E-state index in [0.717, 1.165) is 5.39 Å². The lowest BCUT2D eigenvalue weighted by Crippen LogP contribution is -2.40. The number of nitrogens with one attached hydrogen (secondary N) is 1. The lowest BCUT2D eigenvalue weighted by atomic mass is 10.1. The van der Waals surface area contributed by atoms with Crippen molar-refractivity contribution in [1.29, 1.82) is 0 Å². The highest BCUT2D eigenvalue weighted by molar-refractivity contribution is 6.31. The Morgan fingerprint density at radius 1 is 1.09 bits per heavy atom. The van der Waals surface area contributed by atoms with Crippen LogP contribution in [0.25, 0.3) is 10.8 Å². The van der Waals surface area contributed by atoms with E-state index in [9.17, 15) is 18.4 Å². The van der Waals surface area contributed by atoms with Crippen LogP contribution >= 0.6 is 11.6 Å². The number of carbonyl (C=O) groups excluding carboxylic acids is 2. The van der Waals surface area contributed by atoms with Gasteiger partial charge in [0, 0.05) is 29.1 Å². The minimum absolute atomic E-state index is 0.0186. The summed E-state index contributed by atoms with van der Waals surface area (Å²) in [6.45, 7) is 3.91. The van der Waals surface area contributed by atoms with Crippen LogP contribution < -0.4 is 5.32 Å². The van der Waals surface area contributed by atoms with Gasteiger partial charge in [0.25, 0.3) is 0 Å². The number of amides is 2. The zero-order valence-corrected chi connectivity index (χ0v) is 19.0. The molecule has 0 aliphatic rings. The number of ether oxygens (including phenoxy) is 1. The molecule has 3 rings (SSSR count). The largest absolute Gasteiger partial charge is 0.447 e. The number of benzene rings is 2. The first-order valence-corrected chi connectivity index (χ1v) is 10.8. The number of nitrogens with zero attached hydrogens (tertiary/aromatic N) is 2. The Morgan fingerprint density at radius 3 is 2.55 bits per heavy atom. The molecule has 0 saturated carbocycles. The first kappa shape index (κ1) is 24.4. The summed E-state index contributed by atoms with van der Waals surface area (Å²) in [7, 11) is 0. The van der Waals surface area contributed by atoms with Crippen LogP contribution in [0.15, 0.2) is 48.7 Å². The molecule has 0 saturated heterocycles. The molecule has 6 nitrogen and oxygen atoms in total. The minimum atomic E-state index is -0.729. The van der Waals surface area contributed by atoms with Gasteiger partial charge in [0.2, 0.25) is 5.91 Å². The number of rotatable bonds is 8. The van der Waals surface area contributed by atoms with E-state index in [1.165, 1.54) is 30.5 Å². The quantitative estimate of drug-likeness (QED) is 0.461. The van der Waals surface area contributed by atoms with Gasteiger partial charge in [-0.25, -0.2) is 18.6 Å². The molecule has 1 aromatic heterocycles. The Morgan fingerprint density at radius 2 is 1.82 bits per heavy atom. The predicted molar refractivity (Wildman–Crippen MR) is 123 cm³/mol. The topological polar surface area (TPSA) is 71.5 Å². The van der Waals surface area contributed by atoms with Crippen molar-refractivity contribution in [2.45, 2.75) is 32.7 Å². The highest BCUT2D eigenvalue weighted by Crippen LogP contribution is 2.20. The highest BCUT2D eigenvalue weighted by atomic mass is 35.5. The lowest BCUT2D eigenvalue weighted by molar-refractivity contribution is -0.133. The molecule has 0 aliphatic heterocycles. The van der Waals surface area contributed by atoms with Gasteiger partial charge in [0.1, 0.15) is 24.1 Å². The molecule has 0 fully saturated rings. The Bertz CT molecular complexity index is 1160. The van der Waals surface area contributed by atoms with Gasteiger partial charge >= 0.3 is 6.09 Å². The second-order valence-corrected chi connectivity index (χ2v) is 8.15. The van der Waals surface area contributed by atoms with E-state index < -0.39 is 11.9 Å². The van der Waals surface area contributed by atoms with Crippen molar-refractivity contribution in [1.82, 2.24) is 9.88 Å². The Hall–Kier alpha value is -3.26. The molecule has 33 heavy (non-hydrogen) atoms. The molecule has 1 N–H and O–H groups in total. The number of fused-ring (bicyclic) bond motifs is 1. The standard InChI is InChI=1S/C24H24ClF2N3O3/c1-15(2)30(23(31)8-5-16-3-6-20(27)13-21(16)25)9-10-33-24(32)29-22-12-18-11-19(26)7-4-17(18)14-28-22/h3-4,6-7,11-15H,5,8-10H2,1-2H3,(H,28,29,32). The maximum atomic E-state index is 13.4. The number of hydrogen-bond donors (Lipinski definition) is 1. The molecular weight excluding hydrogens is 452 g/mol. The molecule has 0 unspecified atom stereocenters. The number of aryl methyl sites for hydroxylation is 1. The number of aromatic nitrogens is 1. The fraction of sp³-hybridized carbons (Fsp3) is 0.292. The van der Waals surface area contributed by atoms with Gasteiger partial charge in [-0.1, -0.05) is 17.7 Å². The summed E-state index contributed by atoms with van der Waals surface area (Å²) in [5.41, 5.74) is 0.688. The summed E-state index contributed by atoms with van der Waals surface area (Å²) >= 11 is 6.03. The fourth-order valence-electron chi connectivity index (χ4n) is 3.34. The van der Waals surface area contributed by atoms with Gasteiger partial charge in [-0.15, -0.1) is 0 Å². The lowest BCUT2D eigenvalue weighted by Gasteiger charge is -2.26. The summed E-state index contributed by atoms with van der Waals surface area (Å²) in [5.74, 6) is -0.721. The zero-order chi connectivity index (χ0) is 24.0. The highest BCUT2D eigenvalue weighted by Gasteiger charge is 2.18. The Labute approximate surface area is 195 Å². The summed E-state index contributed by atoms with van der Waals surface area (Å²) in [6.07, 6.45) is 1.36. The van der Waals surface area contributed by atoms with Crippen molar-refractivity contribution in [2.75, 3.05) is 18.5 Å². The molecule has 2 amide bonds. The van der Waals surface area contributed by atoms with Crippen molar-refractivity contribution in [2.24, 2.45) is 0 Å². The second kappa shape index (κ2) is 11.0. The van der Waals surface area contributed by atoms with Crippen LogP contribution in [0.1, 0.15) is 25.8 Å². The summed E-state index contributed by atoms with van der Waals surface area (Å²) < 4.78 is 31.8. The fourth-order valence-corrected chi connectivity index (χ4v) is 3.60.